The van der Waals surface area contributed by atoms with E-state index in [2.05, 4.69) is 37.4 Å². The number of carbonyl (C=O) groups is 1. The third-order valence-electron chi connectivity index (χ3n) is 6.68. The van der Waals surface area contributed by atoms with E-state index >= 15 is 0 Å². The molecule has 0 radical (unpaired) electrons. The summed E-state index contributed by atoms with van der Waals surface area (Å²) in [5.74, 6) is 1.68. The number of benzene rings is 2. The molecule has 192 valence electrons. The van der Waals surface area contributed by atoms with Gasteiger partial charge in [-0.1, -0.05) is 42.5 Å². The average Bonchev–Trinajstić information content (AvgIpc) is 3.22. The van der Waals surface area contributed by atoms with Gasteiger partial charge in [0, 0.05) is 29.9 Å². The number of hydrogen-bond acceptors (Lipinski definition) is 5. The van der Waals surface area contributed by atoms with Crippen LogP contribution in [-0.4, -0.2) is 32.6 Å². The van der Waals surface area contributed by atoms with Gasteiger partial charge in [-0.15, -0.1) is 0 Å². The van der Waals surface area contributed by atoms with Crippen LogP contribution in [0.15, 0.2) is 67.1 Å². The van der Waals surface area contributed by atoms with E-state index in [0.717, 1.165) is 46.3 Å². The molecule has 0 saturated heterocycles. The van der Waals surface area contributed by atoms with Crippen LogP contribution < -0.4 is 21.1 Å². The summed E-state index contributed by atoms with van der Waals surface area (Å²) in [6.07, 6.45) is 5.57. The Morgan fingerprint density at radius 3 is 2.65 bits per heavy atom. The van der Waals surface area contributed by atoms with Crippen molar-refractivity contribution in [2.75, 3.05) is 12.3 Å². The zero-order valence-corrected chi connectivity index (χ0v) is 21.6. The van der Waals surface area contributed by atoms with Crippen LogP contribution in [0.3, 0.4) is 0 Å². The second-order valence-corrected chi connectivity index (χ2v) is 10.8. The van der Waals surface area contributed by atoms with E-state index in [9.17, 15) is 4.79 Å². The number of ether oxygens (including phenoxy) is 1. The van der Waals surface area contributed by atoms with Crippen molar-refractivity contribution in [3.8, 4) is 16.9 Å². The fraction of sp³-hybridized carbons (Fsp3) is 0.345. The molecular formula is C29H34N6O2. The number of aromatic nitrogens is 3. The van der Waals surface area contributed by atoms with Gasteiger partial charge >= 0.3 is 6.03 Å². The fourth-order valence-corrected chi connectivity index (χ4v) is 4.82. The first kappa shape index (κ1) is 24.6. The topological polar surface area (TPSA) is 107 Å². The lowest BCUT2D eigenvalue weighted by Gasteiger charge is -2.37. The molecule has 4 aromatic rings. The first-order valence-corrected chi connectivity index (χ1v) is 12.7. The Hall–Kier alpha value is -4.07. The molecule has 8 nitrogen and oxygen atoms in total. The number of nitrogens with two attached hydrogens (primary N) is 1. The molecule has 1 fully saturated rings. The van der Waals surface area contributed by atoms with Crippen LogP contribution in [0.4, 0.5) is 10.6 Å². The van der Waals surface area contributed by atoms with Gasteiger partial charge in [0.1, 0.15) is 30.1 Å². The number of nitrogens with zero attached hydrogens (tertiary/aromatic N) is 3. The van der Waals surface area contributed by atoms with Gasteiger partial charge in [-0.3, -0.25) is 0 Å². The number of carbonyl (C=O) groups excluding carboxylic acids is 1. The summed E-state index contributed by atoms with van der Waals surface area (Å²) in [4.78, 5) is 21.0. The number of fused-ring (bicyclic) bond motifs is 1. The maximum atomic E-state index is 12.1. The zero-order chi connectivity index (χ0) is 26.0. The highest BCUT2D eigenvalue weighted by Crippen LogP contribution is 2.43. The third-order valence-corrected chi connectivity index (χ3v) is 6.68. The van der Waals surface area contributed by atoms with Gasteiger partial charge in [0.05, 0.1) is 5.39 Å². The molecule has 2 amide bonds. The molecule has 0 aliphatic heterocycles. The van der Waals surface area contributed by atoms with E-state index in [1.165, 1.54) is 6.33 Å². The van der Waals surface area contributed by atoms with Gasteiger partial charge in [-0.25, -0.2) is 14.8 Å². The molecule has 1 saturated carbocycles. The summed E-state index contributed by atoms with van der Waals surface area (Å²) in [6.45, 7) is 7.07. The molecule has 37 heavy (non-hydrogen) atoms. The normalized spacial score (nSPS) is 17.3. The first-order chi connectivity index (χ1) is 17.8. The van der Waals surface area contributed by atoms with Gasteiger partial charge < -0.3 is 25.7 Å². The molecule has 1 aliphatic carbocycles. The molecular weight excluding hydrogens is 464 g/mol. The molecule has 0 unspecified atom stereocenters. The molecule has 4 N–H and O–H groups in total. The smallest absolute Gasteiger partial charge is 0.315 e. The van der Waals surface area contributed by atoms with Crippen LogP contribution in [0.1, 0.15) is 45.2 Å². The fourth-order valence-electron chi connectivity index (χ4n) is 4.82. The largest absolute Gasteiger partial charge is 0.489 e. The van der Waals surface area contributed by atoms with Crippen molar-refractivity contribution in [3.63, 3.8) is 0 Å². The Labute approximate surface area is 217 Å². The number of hydrogen-bond donors (Lipinski definition) is 3. The van der Waals surface area contributed by atoms with Crippen molar-refractivity contribution >= 4 is 22.9 Å². The van der Waals surface area contributed by atoms with Crippen molar-refractivity contribution < 1.29 is 9.53 Å². The van der Waals surface area contributed by atoms with Crippen LogP contribution >= 0.6 is 0 Å². The minimum atomic E-state index is -0.254. The Balaban J connectivity index is 1.32. The molecule has 2 heterocycles. The van der Waals surface area contributed by atoms with Crippen molar-refractivity contribution in [2.24, 2.45) is 5.92 Å². The van der Waals surface area contributed by atoms with Crippen LogP contribution in [0.2, 0.25) is 0 Å². The summed E-state index contributed by atoms with van der Waals surface area (Å²) >= 11 is 0. The van der Waals surface area contributed by atoms with Gasteiger partial charge in [0.2, 0.25) is 0 Å². The quantitative estimate of drug-likeness (QED) is 0.320. The highest BCUT2D eigenvalue weighted by molar-refractivity contribution is 6.00. The molecule has 2 aromatic heterocycles. The van der Waals surface area contributed by atoms with E-state index in [0.29, 0.717) is 30.9 Å². The van der Waals surface area contributed by atoms with E-state index in [1.807, 2.05) is 69.3 Å². The molecule has 0 atom stereocenters. The molecule has 0 bridgehead atoms. The third kappa shape index (κ3) is 5.69. The zero-order valence-electron chi connectivity index (χ0n) is 21.6. The molecule has 1 aliphatic rings. The van der Waals surface area contributed by atoms with Gasteiger partial charge in [-0.2, -0.15) is 0 Å². The van der Waals surface area contributed by atoms with Crippen LogP contribution in [-0.2, 0) is 6.61 Å². The Morgan fingerprint density at radius 1 is 1.11 bits per heavy atom. The minimum Gasteiger partial charge on any atom is -0.489 e. The Morgan fingerprint density at radius 2 is 1.89 bits per heavy atom. The summed E-state index contributed by atoms with van der Waals surface area (Å²) in [5, 5.41) is 6.80. The maximum Gasteiger partial charge on any atom is 0.315 e. The van der Waals surface area contributed by atoms with E-state index in [4.69, 9.17) is 10.5 Å². The number of nitrogens with one attached hydrogen (secondary N) is 2. The maximum absolute atomic E-state index is 12.1. The highest BCUT2D eigenvalue weighted by Gasteiger charge is 2.33. The first-order valence-electron chi connectivity index (χ1n) is 12.7. The number of nitrogen functional groups attached to an aromatic ring is 1. The van der Waals surface area contributed by atoms with E-state index in [-0.39, 0.29) is 11.6 Å². The Kier molecular flexibility index (Phi) is 6.74. The molecule has 5 rings (SSSR count). The summed E-state index contributed by atoms with van der Waals surface area (Å²) in [6, 6.07) is 18.3. The van der Waals surface area contributed by atoms with Gasteiger partial charge in [0.15, 0.2) is 0 Å². The predicted molar refractivity (Wildman–Crippen MR) is 146 cm³/mol. The van der Waals surface area contributed by atoms with Crippen molar-refractivity contribution in [3.05, 3.63) is 72.7 Å². The number of amides is 2. The van der Waals surface area contributed by atoms with Crippen LogP contribution in [0, 0.1) is 5.92 Å². The molecule has 0 spiro atoms. The van der Waals surface area contributed by atoms with Gasteiger partial charge in [-0.05, 0) is 62.8 Å². The average molecular weight is 499 g/mol. The number of anilines is 1. The van der Waals surface area contributed by atoms with Crippen molar-refractivity contribution in [1.82, 2.24) is 25.2 Å². The Bertz CT molecular complexity index is 1390. The minimum absolute atomic E-state index is 0.125. The summed E-state index contributed by atoms with van der Waals surface area (Å²) < 4.78 is 8.28. The van der Waals surface area contributed by atoms with Gasteiger partial charge in [0.25, 0.3) is 0 Å². The van der Waals surface area contributed by atoms with Crippen molar-refractivity contribution in [2.45, 2.75) is 51.8 Å². The second kappa shape index (κ2) is 10.1. The number of rotatable bonds is 7. The lowest BCUT2D eigenvalue weighted by atomic mass is 9.80. The van der Waals surface area contributed by atoms with Crippen LogP contribution in [0.25, 0.3) is 22.2 Å². The van der Waals surface area contributed by atoms with E-state index in [1.54, 1.807) is 0 Å². The monoisotopic (exact) mass is 498 g/mol. The lowest BCUT2D eigenvalue weighted by Crippen LogP contribution is -2.48. The summed E-state index contributed by atoms with van der Waals surface area (Å²) in [5.41, 5.74) is 10.0. The van der Waals surface area contributed by atoms with Crippen molar-refractivity contribution in [1.29, 1.82) is 0 Å². The summed E-state index contributed by atoms with van der Waals surface area (Å²) in [7, 11) is 0. The number of urea groups is 1. The predicted octanol–water partition coefficient (Wildman–Crippen LogP) is 5.31. The standard InChI is InChI=1S/C29H34N6O2/c1-29(2,3)34-28(36)31-15-20-12-22(13-20)35-16-24(25-26(30)32-18-33-27(25)35)21-10-7-11-23(14-21)37-17-19-8-5-4-6-9-19/h4-11,14,16,18,20,22H,12-13,15,17H2,1-3H3,(H2,30,32,33)(H2,31,34,36)/t20-,22+. The lowest BCUT2D eigenvalue weighted by molar-refractivity contribution is 0.190. The highest BCUT2D eigenvalue weighted by atomic mass is 16.5. The second-order valence-electron chi connectivity index (χ2n) is 10.8. The SMILES string of the molecule is CC(C)(C)NC(=O)NC[C@H]1C[C@@H](n2cc(-c3cccc(OCc4ccccc4)c3)c3c(N)ncnc32)C1. The molecule has 2 aromatic carbocycles. The van der Waals surface area contributed by atoms with E-state index < -0.39 is 0 Å². The van der Waals surface area contributed by atoms with Crippen LogP contribution in [0.5, 0.6) is 5.75 Å². The molecule has 8 heteroatoms.